The second kappa shape index (κ2) is 5.89. The molecule has 0 spiro atoms. The molecule has 2 aromatic rings. The topological polar surface area (TPSA) is 35.2 Å². The van der Waals surface area contributed by atoms with Crippen molar-refractivity contribution >= 4 is 0 Å². The van der Waals surface area contributed by atoms with E-state index in [9.17, 15) is 0 Å². The van der Waals surface area contributed by atoms with Crippen LogP contribution in [0.4, 0.5) is 0 Å². The minimum absolute atomic E-state index is 0.0426. The van der Waals surface area contributed by atoms with E-state index in [4.69, 9.17) is 10.5 Å². The van der Waals surface area contributed by atoms with Crippen LogP contribution < -0.4 is 10.5 Å². The molecule has 0 aliphatic heterocycles. The number of benzene rings is 2. The zero-order chi connectivity index (χ0) is 13.8. The largest absolute Gasteiger partial charge is 0.486 e. The summed E-state index contributed by atoms with van der Waals surface area (Å²) < 4.78 is 6.03. The third-order valence-corrected chi connectivity index (χ3v) is 3.30. The fraction of sp³-hybridized carbons (Fsp3) is 0.294. The van der Waals surface area contributed by atoms with Gasteiger partial charge in [0.2, 0.25) is 0 Å². The molecule has 0 saturated carbocycles. The van der Waals surface area contributed by atoms with Crippen molar-refractivity contribution in [2.75, 3.05) is 0 Å². The Morgan fingerprint density at radius 3 is 2.21 bits per heavy atom. The van der Waals surface area contributed by atoms with Crippen molar-refractivity contribution in [3.8, 4) is 5.75 Å². The smallest absolute Gasteiger partial charge is 0.123 e. The van der Waals surface area contributed by atoms with Gasteiger partial charge in [-0.2, -0.15) is 0 Å². The maximum absolute atomic E-state index is 6.03. The number of ether oxygens (including phenoxy) is 1. The molecule has 2 aromatic carbocycles. The number of nitrogens with two attached hydrogens (primary N) is 1. The molecular weight excluding hydrogens is 234 g/mol. The summed E-state index contributed by atoms with van der Waals surface area (Å²) in [5, 5.41) is 0. The van der Waals surface area contributed by atoms with Gasteiger partial charge in [-0.15, -0.1) is 0 Å². The lowest BCUT2D eigenvalue weighted by molar-refractivity contribution is 0.225. The van der Waals surface area contributed by atoms with Gasteiger partial charge in [0, 0.05) is 6.04 Å². The van der Waals surface area contributed by atoms with Crippen LogP contribution in [0.25, 0.3) is 0 Å². The van der Waals surface area contributed by atoms with Gasteiger partial charge in [0.05, 0.1) is 0 Å². The van der Waals surface area contributed by atoms with E-state index in [2.05, 4.69) is 32.0 Å². The lowest BCUT2D eigenvalue weighted by Gasteiger charge is -2.18. The van der Waals surface area contributed by atoms with Crippen LogP contribution in [0.1, 0.15) is 42.7 Å². The average molecular weight is 255 g/mol. The molecule has 19 heavy (non-hydrogen) atoms. The first kappa shape index (κ1) is 13.6. The molecule has 0 aliphatic rings. The third-order valence-electron chi connectivity index (χ3n) is 3.30. The molecule has 2 heteroatoms. The van der Waals surface area contributed by atoms with Gasteiger partial charge in [-0.05, 0) is 43.5 Å². The predicted molar refractivity (Wildman–Crippen MR) is 79.3 cm³/mol. The lowest BCUT2D eigenvalue weighted by atomic mass is 10.1. The molecule has 100 valence electrons. The summed E-state index contributed by atoms with van der Waals surface area (Å²) in [6.45, 7) is 6.11. The highest BCUT2D eigenvalue weighted by Crippen LogP contribution is 2.26. The van der Waals surface area contributed by atoms with Crippen LogP contribution in [0, 0.1) is 6.92 Å². The second-order valence-corrected chi connectivity index (χ2v) is 4.98. The van der Waals surface area contributed by atoms with Gasteiger partial charge in [0.1, 0.15) is 11.9 Å². The molecule has 0 aliphatic carbocycles. The van der Waals surface area contributed by atoms with E-state index in [0.717, 1.165) is 16.9 Å². The maximum Gasteiger partial charge on any atom is 0.123 e. The van der Waals surface area contributed by atoms with Crippen LogP contribution in [-0.4, -0.2) is 0 Å². The van der Waals surface area contributed by atoms with E-state index in [1.807, 2.05) is 37.3 Å². The molecule has 0 saturated heterocycles. The first-order valence-corrected chi connectivity index (χ1v) is 6.65. The quantitative estimate of drug-likeness (QED) is 0.890. The molecule has 2 atom stereocenters. The molecular formula is C17H21NO. The fourth-order valence-corrected chi connectivity index (χ4v) is 2.07. The first-order chi connectivity index (χ1) is 9.08. The molecule has 2 nitrogen and oxygen atoms in total. The van der Waals surface area contributed by atoms with E-state index in [-0.39, 0.29) is 12.1 Å². The molecule has 0 heterocycles. The summed E-state index contributed by atoms with van der Waals surface area (Å²) in [5.74, 6) is 0.917. The second-order valence-electron chi connectivity index (χ2n) is 4.98. The third kappa shape index (κ3) is 3.36. The summed E-state index contributed by atoms with van der Waals surface area (Å²) >= 11 is 0. The van der Waals surface area contributed by atoms with Crippen molar-refractivity contribution in [2.24, 2.45) is 5.73 Å². The van der Waals surface area contributed by atoms with Gasteiger partial charge < -0.3 is 10.5 Å². The summed E-state index contributed by atoms with van der Waals surface area (Å²) in [5.41, 5.74) is 9.32. The van der Waals surface area contributed by atoms with Crippen LogP contribution in [0.3, 0.4) is 0 Å². The van der Waals surface area contributed by atoms with E-state index < -0.39 is 0 Å². The summed E-state index contributed by atoms with van der Waals surface area (Å²) in [6, 6.07) is 16.4. The standard InChI is InChI=1S/C17H21NO/c1-12-11-16(13(2)18)9-10-17(12)19-14(3)15-7-5-4-6-8-15/h4-11,13-14H,18H2,1-3H3. The Hall–Kier alpha value is -1.80. The van der Waals surface area contributed by atoms with Crippen molar-refractivity contribution in [3.63, 3.8) is 0 Å². The van der Waals surface area contributed by atoms with Gasteiger partial charge in [-0.25, -0.2) is 0 Å². The highest BCUT2D eigenvalue weighted by molar-refractivity contribution is 5.37. The summed E-state index contributed by atoms with van der Waals surface area (Å²) in [6.07, 6.45) is 0.0426. The van der Waals surface area contributed by atoms with Crippen molar-refractivity contribution in [1.82, 2.24) is 0 Å². The predicted octanol–water partition coefficient (Wildman–Crippen LogP) is 4.15. The van der Waals surface area contributed by atoms with E-state index in [1.165, 1.54) is 5.56 Å². The Bertz CT molecular complexity index is 534. The van der Waals surface area contributed by atoms with E-state index >= 15 is 0 Å². The van der Waals surface area contributed by atoms with Gasteiger partial charge in [-0.3, -0.25) is 0 Å². The molecule has 0 fully saturated rings. The van der Waals surface area contributed by atoms with E-state index in [1.54, 1.807) is 0 Å². The maximum atomic E-state index is 6.03. The zero-order valence-electron chi connectivity index (χ0n) is 11.8. The van der Waals surface area contributed by atoms with Crippen LogP contribution >= 0.6 is 0 Å². The summed E-state index contributed by atoms with van der Waals surface area (Å²) in [4.78, 5) is 0. The number of hydrogen-bond acceptors (Lipinski definition) is 2. The SMILES string of the molecule is Cc1cc(C(C)N)ccc1OC(C)c1ccccc1. The highest BCUT2D eigenvalue weighted by Gasteiger charge is 2.09. The van der Waals surface area contributed by atoms with Gasteiger partial charge in [-0.1, -0.05) is 42.5 Å². The van der Waals surface area contributed by atoms with Gasteiger partial charge in [0.15, 0.2) is 0 Å². The normalized spacial score (nSPS) is 13.9. The van der Waals surface area contributed by atoms with Crippen LogP contribution in [-0.2, 0) is 0 Å². The van der Waals surface area contributed by atoms with Crippen LogP contribution in [0.2, 0.25) is 0 Å². The van der Waals surface area contributed by atoms with Crippen molar-refractivity contribution in [1.29, 1.82) is 0 Å². The highest BCUT2D eigenvalue weighted by atomic mass is 16.5. The molecule has 0 amide bonds. The fourth-order valence-electron chi connectivity index (χ4n) is 2.07. The minimum Gasteiger partial charge on any atom is -0.486 e. The van der Waals surface area contributed by atoms with Crippen molar-refractivity contribution in [2.45, 2.75) is 32.9 Å². The first-order valence-electron chi connectivity index (χ1n) is 6.65. The number of aryl methyl sites for hydroxylation is 1. The molecule has 2 N–H and O–H groups in total. The Balaban J connectivity index is 2.15. The van der Waals surface area contributed by atoms with Crippen LogP contribution in [0.15, 0.2) is 48.5 Å². The average Bonchev–Trinajstić information content (AvgIpc) is 2.41. The Kier molecular flexibility index (Phi) is 4.23. The Labute approximate surface area is 115 Å². The minimum atomic E-state index is 0.0426. The molecule has 2 rings (SSSR count). The van der Waals surface area contributed by atoms with E-state index in [0.29, 0.717) is 0 Å². The van der Waals surface area contributed by atoms with Gasteiger partial charge in [0.25, 0.3) is 0 Å². The monoisotopic (exact) mass is 255 g/mol. The molecule has 0 bridgehead atoms. The number of hydrogen-bond donors (Lipinski definition) is 1. The van der Waals surface area contributed by atoms with Crippen molar-refractivity contribution < 1.29 is 4.74 Å². The number of rotatable bonds is 4. The lowest BCUT2D eigenvalue weighted by Crippen LogP contribution is -2.07. The molecule has 0 aromatic heterocycles. The molecule has 2 unspecified atom stereocenters. The zero-order valence-corrected chi connectivity index (χ0v) is 11.8. The van der Waals surface area contributed by atoms with Crippen molar-refractivity contribution in [3.05, 3.63) is 65.2 Å². The molecule has 0 radical (unpaired) electrons. The Morgan fingerprint density at radius 1 is 0.947 bits per heavy atom. The Morgan fingerprint density at radius 2 is 1.63 bits per heavy atom. The summed E-state index contributed by atoms with van der Waals surface area (Å²) in [7, 11) is 0. The van der Waals surface area contributed by atoms with Crippen LogP contribution in [0.5, 0.6) is 5.75 Å². The van der Waals surface area contributed by atoms with Gasteiger partial charge >= 0.3 is 0 Å².